The number of nitrogens with one attached hydrogen (secondary N) is 1. The molecule has 21 heavy (non-hydrogen) atoms. The number of amides is 1. The normalized spacial score (nSPS) is 19.0. The van der Waals surface area contributed by atoms with E-state index in [-0.39, 0.29) is 23.7 Å². The molecular weight excluding hydrogens is 266 g/mol. The predicted molar refractivity (Wildman–Crippen MR) is 85.2 cm³/mol. The largest absolute Gasteiger partial charge is 0.345 e. The van der Waals surface area contributed by atoms with Gasteiger partial charge in [0.2, 0.25) is 5.91 Å². The molecule has 1 aliphatic heterocycles. The molecule has 1 fully saturated rings. The second-order valence-electron chi connectivity index (χ2n) is 6.87. The summed E-state index contributed by atoms with van der Waals surface area (Å²) >= 11 is 0. The Morgan fingerprint density at radius 3 is 1.95 bits per heavy atom. The lowest BCUT2D eigenvalue weighted by atomic mass is 10.0. The summed E-state index contributed by atoms with van der Waals surface area (Å²) < 4.78 is 0. The van der Waals surface area contributed by atoms with E-state index in [9.17, 15) is 9.59 Å². The number of hydrogen-bond donors (Lipinski definition) is 1. The van der Waals surface area contributed by atoms with E-state index in [2.05, 4.69) is 29.0 Å². The van der Waals surface area contributed by atoms with Crippen LogP contribution in [0.3, 0.4) is 0 Å². The number of hydrogen-bond acceptors (Lipinski definition) is 4. The van der Waals surface area contributed by atoms with E-state index in [1.807, 2.05) is 13.8 Å². The summed E-state index contributed by atoms with van der Waals surface area (Å²) in [5.74, 6) is 0.804. The second-order valence-corrected chi connectivity index (χ2v) is 6.87. The predicted octanol–water partition coefficient (Wildman–Crippen LogP) is 0.990. The van der Waals surface area contributed by atoms with Crippen LogP contribution in [0.2, 0.25) is 0 Å². The van der Waals surface area contributed by atoms with Crippen molar-refractivity contribution >= 4 is 11.7 Å². The molecule has 0 spiro atoms. The lowest BCUT2D eigenvalue weighted by Crippen LogP contribution is -2.52. The van der Waals surface area contributed by atoms with Crippen LogP contribution < -0.4 is 5.32 Å². The van der Waals surface area contributed by atoms with Crippen LogP contribution in [0.4, 0.5) is 0 Å². The molecule has 1 heterocycles. The number of Topliss-reactive ketones (excluding diaryl/α,β-unsaturated/α-hetero) is 1. The summed E-state index contributed by atoms with van der Waals surface area (Å²) in [6.45, 7) is 15.3. The molecule has 0 radical (unpaired) electrons. The van der Waals surface area contributed by atoms with Gasteiger partial charge in [-0.25, -0.2) is 0 Å². The smallest absolute Gasteiger partial charge is 0.234 e. The van der Waals surface area contributed by atoms with E-state index < -0.39 is 0 Å². The molecule has 0 aromatic heterocycles. The van der Waals surface area contributed by atoms with Crippen LogP contribution in [0.15, 0.2) is 0 Å². The third-order valence-electron chi connectivity index (χ3n) is 3.88. The molecule has 1 saturated heterocycles. The molecule has 0 saturated carbocycles. The molecule has 1 amide bonds. The maximum absolute atomic E-state index is 12.1. The van der Waals surface area contributed by atoms with E-state index in [1.165, 1.54) is 6.92 Å². The van der Waals surface area contributed by atoms with Crippen LogP contribution in [-0.4, -0.2) is 66.8 Å². The molecule has 0 bridgehead atoms. The van der Waals surface area contributed by atoms with Crippen molar-refractivity contribution < 1.29 is 9.59 Å². The zero-order valence-electron chi connectivity index (χ0n) is 14.2. The summed E-state index contributed by atoms with van der Waals surface area (Å²) in [6, 6.07) is -0.361. The fourth-order valence-corrected chi connectivity index (χ4v) is 2.81. The Balaban J connectivity index is 2.35. The van der Waals surface area contributed by atoms with Gasteiger partial charge in [-0.15, -0.1) is 0 Å². The maximum atomic E-state index is 12.1. The topological polar surface area (TPSA) is 52.7 Å². The van der Waals surface area contributed by atoms with Gasteiger partial charge in [0.15, 0.2) is 5.78 Å². The number of carbonyl (C=O) groups is 2. The van der Waals surface area contributed by atoms with E-state index in [0.29, 0.717) is 12.5 Å². The summed E-state index contributed by atoms with van der Waals surface area (Å²) in [7, 11) is 0. The van der Waals surface area contributed by atoms with Gasteiger partial charge in [-0.3, -0.25) is 14.5 Å². The highest BCUT2D eigenvalue weighted by atomic mass is 16.2. The van der Waals surface area contributed by atoms with Crippen LogP contribution in [0, 0.1) is 11.8 Å². The Labute approximate surface area is 129 Å². The fraction of sp³-hybridized carbons (Fsp3) is 0.875. The zero-order chi connectivity index (χ0) is 16.0. The molecular formula is C16H31N3O2. The van der Waals surface area contributed by atoms with Crippen molar-refractivity contribution in [3.63, 3.8) is 0 Å². The van der Waals surface area contributed by atoms with Crippen molar-refractivity contribution in [2.45, 2.75) is 40.7 Å². The van der Waals surface area contributed by atoms with E-state index in [4.69, 9.17) is 0 Å². The average Bonchev–Trinajstić information content (AvgIpc) is 2.37. The van der Waals surface area contributed by atoms with Gasteiger partial charge in [0.1, 0.15) is 0 Å². The van der Waals surface area contributed by atoms with Gasteiger partial charge >= 0.3 is 0 Å². The second kappa shape index (κ2) is 8.49. The first-order chi connectivity index (χ1) is 9.79. The Hall–Kier alpha value is -0.940. The minimum Gasteiger partial charge on any atom is -0.345 e. The molecule has 1 unspecified atom stereocenters. The Morgan fingerprint density at radius 2 is 1.52 bits per heavy atom. The first-order valence-corrected chi connectivity index (χ1v) is 8.04. The van der Waals surface area contributed by atoms with Gasteiger partial charge in [0, 0.05) is 32.7 Å². The highest BCUT2D eigenvalue weighted by Gasteiger charge is 2.23. The lowest BCUT2D eigenvalue weighted by molar-refractivity contribution is -0.128. The van der Waals surface area contributed by atoms with Crippen molar-refractivity contribution in [1.82, 2.24) is 15.1 Å². The van der Waals surface area contributed by atoms with Crippen molar-refractivity contribution in [1.29, 1.82) is 0 Å². The SMILES string of the molecule is CC(=O)C(NC(=O)CN1CCN(CC(C)C)CC1)C(C)C. The van der Waals surface area contributed by atoms with Gasteiger partial charge in [-0.05, 0) is 18.8 Å². The first kappa shape index (κ1) is 18.1. The van der Waals surface area contributed by atoms with Crippen LogP contribution >= 0.6 is 0 Å². The molecule has 5 nitrogen and oxygen atoms in total. The van der Waals surface area contributed by atoms with E-state index in [1.54, 1.807) is 0 Å². The summed E-state index contributed by atoms with van der Waals surface area (Å²) in [6.07, 6.45) is 0. The molecule has 1 rings (SSSR count). The molecule has 1 aliphatic rings. The van der Waals surface area contributed by atoms with Crippen LogP contribution in [0.5, 0.6) is 0 Å². The number of ketones is 1. The van der Waals surface area contributed by atoms with Crippen molar-refractivity contribution in [3.05, 3.63) is 0 Å². The molecule has 1 N–H and O–H groups in total. The standard InChI is InChI=1S/C16H31N3O2/c1-12(2)10-18-6-8-19(9-7-18)11-15(21)17-16(13(3)4)14(5)20/h12-13,16H,6-11H2,1-5H3,(H,17,21). The number of rotatable bonds is 7. The fourth-order valence-electron chi connectivity index (χ4n) is 2.81. The van der Waals surface area contributed by atoms with Crippen molar-refractivity contribution in [2.24, 2.45) is 11.8 Å². The summed E-state index contributed by atoms with van der Waals surface area (Å²) in [4.78, 5) is 28.2. The first-order valence-electron chi connectivity index (χ1n) is 8.04. The molecule has 5 heteroatoms. The van der Waals surface area contributed by atoms with Crippen LogP contribution in [0.1, 0.15) is 34.6 Å². The van der Waals surface area contributed by atoms with Crippen molar-refractivity contribution in [2.75, 3.05) is 39.3 Å². The number of piperazine rings is 1. The lowest BCUT2D eigenvalue weighted by Gasteiger charge is -2.35. The highest BCUT2D eigenvalue weighted by molar-refractivity contribution is 5.88. The zero-order valence-corrected chi connectivity index (χ0v) is 14.2. The third kappa shape index (κ3) is 6.57. The molecule has 0 aromatic carbocycles. The Kier molecular flexibility index (Phi) is 7.32. The third-order valence-corrected chi connectivity index (χ3v) is 3.88. The number of carbonyl (C=O) groups excluding carboxylic acids is 2. The van der Waals surface area contributed by atoms with Crippen LogP contribution in [-0.2, 0) is 9.59 Å². The van der Waals surface area contributed by atoms with E-state index in [0.717, 1.165) is 32.7 Å². The minimum atomic E-state index is -0.361. The van der Waals surface area contributed by atoms with Gasteiger partial charge in [-0.1, -0.05) is 27.7 Å². The van der Waals surface area contributed by atoms with Crippen molar-refractivity contribution in [3.8, 4) is 0 Å². The van der Waals surface area contributed by atoms with Gasteiger partial charge in [0.25, 0.3) is 0 Å². The average molecular weight is 297 g/mol. The molecule has 0 aliphatic carbocycles. The van der Waals surface area contributed by atoms with Crippen LogP contribution in [0.25, 0.3) is 0 Å². The molecule has 1 atom stereocenters. The van der Waals surface area contributed by atoms with Gasteiger partial charge < -0.3 is 10.2 Å². The maximum Gasteiger partial charge on any atom is 0.234 e. The molecule has 0 aromatic rings. The minimum absolute atomic E-state index is 0.0279. The molecule has 122 valence electrons. The number of nitrogens with zero attached hydrogens (tertiary/aromatic N) is 2. The van der Waals surface area contributed by atoms with Gasteiger partial charge in [-0.2, -0.15) is 0 Å². The monoisotopic (exact) mass is 297 g/mol. The Bertz CT molecular complexity index is 347. The van der Waals surface area contributed by atoms with Gasteiger partial charge in [0.05, 0.1) is 12.6 Å². The summed E-state index contributed by atoms with van der Waals surface area (Å²) in [5.41, 5.74) is 0. The highest BCUT2D eigenvalue weighted by Crippen LogP contribution is 2.06. The quantitative estimate of drug-likeness (QED) is 0.761. The van der Waals surface area contributed by atoms with E-state index >= 15 is 0 Å². The Morgan fingerprint density at radius 1 is 1.00 bits per heavy atom. The summed E-state index contributed by atoms with van der Waals surface area (Å²) in [5, 5.41) is 2.86.